The van der Waals surface area contributed by atoms with Crippen molar-refractivity contribution in [1.82, 2.24) is 4.84 Å². The van der Waals surface area contributed by atoms with Crippen LogP contribution in [0.15, 0.2) is 46.3 Å². The lowest BCUT2D eigenvalue weighted by molar-refractivity contribution is -0.330. The summed E-state index contributed by atoms with van der Waals surface area (Å²) >= 11 is 10.2. The summed E-state index contributed by atoms with van der Waals surface area (Å²) in [4.78, 5) is 26.9. The van der Waals surface area contributed by atoms with Crippen molar-refractivity contribution in [3.8, 4) is 11.1 Å². The Labute approximate surface area is 183 Å². The number of hydrogen-bond acceptors (Lipinski definition) is 4. The van der Waals surface area contributed by atoms with Gasteiger partial charge in [0, 0.05) is 22.2 Å². The van der Waals surface area contributed by atoms with Gasteiger partial charge in [0.1, 0.15) is 5.69 Å². The first-order valence-corrected chi connectivity index (χ1v) is 9.28. The molecule has 0 aliphatic carbocycles. The van der Waals surface area contributed by atoms with Crippen molar-refractivity contribution in [2.24, 2.45) is 4.99 Å². The third kappa shape index (κ3) is 4.82. The zero-order valence-electron chi connectivity index (χ0n) is 14.5. The van der Waals surface area contributed by atoms with Gasteiger partial charge in [0.2, 0.25) is 6.08 Å². The minimum absolute atomic E-state index is 0.214. The second kappa shape index (κ2) is 9.07. The van der Waals surface area contributed by atoms with Gasteiger partial charge in [-0.05, 0) is 29.5 Å². The van der Waals surface area contributed by atoms with Crippen LogP contribution in [-0.4, -0.2) is 29.3 Å². The lowest BCUT2D eigenvalue weighted by atomic mass is 10.0. The summed E-state index contributed by atoms with van der Waals surface area (Å²) in [6.07, 6.45) is -5.38. The van der Waals surface area contributed by atoms with Crippen LogP contribution in [-0.2, 0) is 4.79 Å². The van der Waals surface area contributed by atoms with Crippen molar-refractivity contribution < 1.29 is 40.3 Å². The van der Waals surface area contributed by atoms with Gasteiger partial charge in [-0.3, -0.25) is 9.63 Å². The van der Waals surface area contributed by atoms with Crippen molar-refractivity contribution in [1.29, 1.82) is 0 Å². The molecule has 0 saturated heterocycles. The van der Waals surface area contributed by atoms with Gasteiger partial charge in [-0.2, -0.15) is 35.7 Å². The molecule has 0 aromatic heterocycles. The lowest BCUT2D eigenvalue weighted by Crippen LogP contribution is -2.49. The monoisotopic (exact) mass is 506 g/mol. The van der Waals surface area contributed by atoms with E-state index in [0.29, 0.717) is 0 Å². The number of halogens is 9. The molecule has 0 unspecified atom stereocenters. The molecule has 0 saturated carbocycles. The van der Waals surface area contributed by atoms with E-state index < -0.39 is 50.6 Å². The Balaban J connectivity index is 2.68. The predicted molar refractivity (Wildman–Crippen MR) is 99.8 cm³/mol. The van der Waals surface area contributed by atoms with Crippen LogP contribution in [0.2, 0.25) is 5.02 Å². The Bertz CT molecular complexity index is 1060. The van der Waals surface area contributed by atoms with Crippen molar-refractivity contribution in [3.63, 3.8) is 0 Å². The first kappa shape index (κ1) is 25.0. The number of rotatable bonds is 6. The molecule has 31 heavy (non-hydrogen) atoms. The maximum Gasteiger partial charge on any atom is 0.460 e. The number of carbonyl (C=O) groups excluding carboxylic acids is 2. The lowest BCUT2D eigenvalue weighted by Gasteiger charge is -2.28. The van der Waals surface area contributed by atoms with Gasteiger partial charge in [-0.25, -0.2) is 4.79 Å². The third-order valence-corrected chi connectivity index (χ3v) is 5.38. The molecule has 2 rings (SSSR count). The number of amides is 1. The second-order valence-corrected chi connectivity index (χ2v) is 7.36. The third-order valence-electron chi connectivity index (χ3n) is 3.74. The maximum atomic E-state index is 13.9. The fourth-order valence-corrected chi connectivity index (χ4v) is 3.66. The summed E-state index contributed by atoms with van der Waals surface area (Å²) in [6.45, 7) is 0. The highest BCUT2D eigenvalue weighted by Gasteiger charge is 2.73. The number of nitrogens with zero attached hydrogens (tertiary/aromatic N) is 1. The number of thioether (sulfide) groups is 1. The summed E-state index contributed by atoms with van der Waals surface area (Å²) in [5.74, 6) is -7.26. The van der Waals surface area contributed by atoms with E-state index in [2.05, 4.69) is 4.99 Å². The Morgan fingerprint density at radius 1 is 1.00 bits per heavy atom. The van der Waals surface area contributed by atoms with E-state index in [1.54, 1.807) is 4.84 Å². The van der Waals surface area contributed by atoms with Gasteiger partial charge in [-0.15, -0.1) is 0 Å². The molecule has 0 aliphatic rings. The number of benzene rings is 2. The number of nitrogens with one attached hydrogen (secondary N) is 1. The molecule has 0 atom stereocenters. The first-order chi connectivity index (χ1) is 14.3. The molecule has 2 aromatic carbocycles. The molecule has 0 radical (unpaired) electrons. The molecule has 2 aromatic rings. The largest absolute Gasteiger partial charge is 0.460 e. The van der Waals surface area contributed by atoms with E-state index in [1.807, 2.05) is 0 Å². The molecular formula is C17H7Cl2F7N2O2S. The molecule has 14 heteroatoms. The molecule has 4 nitrogen and oxygen atoms in total. The Kier molecular flexibility index (Phi) is 7.32. The standard InChI is InChI=1S/C17H7Cl2F7N2O2S/c18-12-10(14(30)28-19)6-5-9(13(12)27-7-29)8-3-1-2-4-11(8)31-17(25,26)15(20,21)16(22,23)24/h1-6H,(H,28,30). The van der Waals surface area contributed by atoms with E-state index in [1.165, 1.54) is 6.07 Å². The van der Waals surface area contributed by atoms with Crippen molar-refractivity contribution in [2.75, 3.05) is 0 Å². The maximum absolute atomic E-state index is 13.9. The van der Waals surface area contributed by atoms with Crippen LogP contribution in [0.3, 0.4) is 0 Å². The average molecular weight is 507 g/mol. The van der Waals surface area contributed by atoms with E-state index in [9.17, 15) is 40.3 Å². The number of aliphatic imine (C=N–C) groups is 1. The van der Waals surface area contributed by atoms with E-state index in [4.69, 9.17) is 23.4 Å². The number of carbonyl (C=O) groups is 1. The van der Waals surface area contributed by atoms with Crippen LogP contribution in [0.5, 0.6) is 0 Å². The Morgan fingerprint density at radius 2 is 1.61 bits per heavy atom. The number of hydrogen-bond donors (Lipinski definition) is 1. The van der Waals surface area contributed by atoms with Gasteiger partial charge in [0.25, 0.3) is 5.91 Å². The molecule has 166 valence electrons. The van der Waals surface area contributed by atoms with E-state index in [0.717, 1.165) is 36.4 Å². The second-order valence-electron chi connectivity index (χ2n) is 5.64. The first-order valence-electron chi connectivity index (χ1n) is 7.70. The topological polar surface area (TPSA) is 58.5 Å². The number of isocyanates is 1. The summed E-state index contributed by atoms with van der Waals surface area (Å²) in [6, 6.07) is 6.48. The molecule has 0 fully saturated rings. The van der Waals surface area contributed by atoms with Crippen LogP contribution in [0.25, 0.3) is 11.1 Å². The molecule has 0 heterocycles. The van der Waals surface area contributed by atoms with Gasteiger partial charge >= 0.3 is 17.4 Å². The highest BCUT2D eigenvalue weighted by atomic mass is 35.5. The van der Waals surface area contributed by atoms with Gasteiger partial charge in [0.05, 0.1) is 10.6 Å². The minimum atomic E-state index is -6.51. The average Bonchev–Trinajstić information content (AvgIpc) is 2.68. The minimum Gasteiger partial charge on any atom is -0.268 e. The molecule has 0 spiro atoms. The highest BCUT2D eigenvalue weighted by Crippen LogP contribution is 2.55. The van der Waals surface area contributed by atoms with E-state index in [-0.39, 0.29) is 16.7 Å². The Hall–Kier alpha value is -2.27. The summed E-state index contributed by atoms with van der Waals surface area (Å²) in [5.41, 5.74) is -1.27. The molecule has 1 N–H and O–H groups in total. The van der Waals surface area contributed by atoms with Crippen molar-refractivity contribution >= 4 is 52.8 Å². The van der Waals surface area contributed by atoms with Crippen LogP contribution < -0.4 is 4.84 Å². The molecular weight excluding hydrogens is 500 g/mol. The SMILES string of the molecule is O=C=Nc1c(-c2ccccc2SC(F)(F)C(F)(F)C(F)(F)F)ccc(C(=O)NCl)c1Cl. The van der Waals surface area contributed by atoms with Crippen molar-refractivity contribution in [2.45, 2.75) is 22.2 Å². The van der Waals surface area contributed by atoms with Gasteiger partial charge in [0.15, 0.2) is 0 Å². The normalized spacial score (nSPS) is 12.3. The molecule has 1 amide bonds. The summed E-state index contributed by atoms with van der Waals surface area (Å²) in [7, 11) is 0. The Morgan fingerprint density at radius 3 is 2.16 bits per heavy atom. The van der Waals surface area contributed by atoms with Gasteiger partial charge < -0.3 is 0 Å². The van der Waals surface area contributed by atoms with Gasteiger partial charge in [-0.1, -0.05) is 35.9 Å². The van der Waals surface area contributed by atoms with Crippen LogP contribution in [0.1, 0.15) is 10.4 Å². The van der Waals surface area contributed by atoms with Crippen molar-refractivity contribution in [3.05, 3.63) is 47.0 Å². The fraction of sp³-hybridized carbons (Fsp3) is 0.176. The smallest absolute Gasteiger partial charge is 0.268 e. The predicted octanol–water partition coefficient (Wildman–Crippen LogP) is 6.74. The van der Waals surface area contributed by atoms with Crippen LogP contribution in [0, 0.1) is 0 Å². The zero-order valence-corrected chi connectivity index (χ0v) is 16.9. The highest BCUT2D eigenvalue weighted by molar-refractivity contribution is 8.00. The van der Waals surface area contributed by atoms with Crippen LogP contribution in [0.4, 0.5) is 36.4 Å². The zero-order chi connectivity index (χ0) is 23.6. The summed E-state index contributed by atoms with van der Waals surface area (Å²) < 4.78 is 91.9. The fourth-order valence-electron chi connectivity index (χ4n) is 2.31. The number of alkyl halides is 7. The van der Waals surface area contributed by atoms with E-state index >= 15 is 0 Å². The molecule has 0 bridgehead atoms. The quantitative estimate of drug-likeness (QED) is 0.155. The molecule has 0 aliphatic heterocycles. The van der Waals surface area contributed by atoms with Crippen LogP contribution >= 0.6 is 35.1 Å². The summed E-state index contributed by atoms with van der Waals surface area (Å²) in [5, 5.41) is -6.05.